The van der Waals surface area contributed by atoms with E-state index in [0.29, 0.717) is 25.3 Å². The van der Waals surface area contributed by atoms with Gasteiger partial charge in [-0.1, -0.05) is 11.6 Å². The van der Waals surface area contributed by atoms with E-state index in [1.807, 2.05) is 16.9 Å². The van der Waals surface area contributed by atoms with Gasteiger partial charge < -0.3 is 10.7 Å². The van der Waals surface area contributed by atoms with E-state index in [1.54, 1.807) is 0 Å². The molecular formula is C8H13ClN4O2. The summed E-state index contributed by atoms with van der Waals surface area (Å²) in [6.07, 6.45) is 0. The van der Waals surface area contributed by atoms with Crippen LogP contribution in [0.2, 0.25) is 5.02 Å². The average Bonchev–Trinajstić information content (AvgIpc) is 2.13. The molecule has 6 nitrogen and oxygen atoms in total. The van der Waals surface area contributed by atoms with E-state index in [4.69, 9.17) is 17.3 Å². The van der Waals surface area contributed by atoms with Crippen LogP contribution in [0.25, 0.3) is 0 Å². The first kappa shape index (κ1) is 12.0. The summed E-state index contributed by atoms with van der Waals surface area (Å²) in [6, 6.07) is 0. The second kappa shape index (κ2) is 5.11. The van der Waals surface area contributed by atoms with Crippen molar-refractivity contribution in [1.29, 1.82) is 0 Å². The Morgan fingerprint density at radius 1 is 1.40 bits per heavy atom. The molecule has 0 fully saturated rings. The lowest BCUT2D eigenvalue weighted by Gasteiger charge is -2.15. The van der Waals surface area contributed by atoms with Gasteiger partial charge >= 0.3 is 5.69 Å². The van der Waals surface area contributed by atoms with Gasteiger partial charge in [0.1, 0.15) is 5.02 Å². The summed E-state index contributed by atoms with van der Waals surface area (Å²) in [7, 11) is 1.82. The van der Waals surface area contributed by atoms with E-state index in [2.05, 4.69) is 4.98 Å². The summed E-state index contributed by atoms with van der Waals surface area (Å²) in [6.45, 7) is 1.54. The fourth-order valence-electron chi connectivity index (χ4n) is 1.20. The fourth-order valence-corrected chi connectivity index (χ4v) is 1.35. The van der Waals surface area contributed by atoms with Crippen molar-refractivity contribution in [2.75, 3.05) is 20.1 Å². The second-order valence-corrected chi connectivity index (χ2v) is 3.61. The molecule has 0 aliphatic rings. The molecule has 0 spiro atoms. The zero-order valence-corrected chi connectivity index (χ0v) is 9.10. The fraction of sp³-hybridized carbons (Fsp3) is 0.500. The third-order valence-corrected chi connectivity index (χ3v) is 2.29. The smallest absolute Gasteiger partial charge is 0.326 e. The number of halogens is 1. The van der Waals surface area contributed by atoms with Crippen molar-refractivity contribution in [3.63, 3.8) is 0 Å². The first-order valence-electron chi connectivity index (χ1n) is 4.44. The maximum absolute atomic E-state index is 11.1. The zero-order chi connectivity index (χ0) is 11.4. The Balaban J connectivity index is 2.95. The van der Waals surface area contributed by atoms with Gasteiger partial charge in [-0.05, 0) is 7.05 Å². The maximum atomic E-state index is 11.1. The molecule has 0 atom stereocenters. The van der Waals surface area contributed by atoms with Gasteiger partial charge in [-0.25, -0.2) is 4.79 Å². The summed E-state index contributed by atoms with van der Waals surface area (Å²) >= 11 is 5.74. The monoisotopic (exact) mass is 232 g/mol. The highest BCUT2D eigenvalue weighted by atomic mass is 35.5. The number of nitrogens with zero attached hydrogens (tertiary/aromatic N) is 1. The number of hydrogen-bond acceptors (Lipinski definition) is 4. The summed E-state index contributed by atoms with van der Waals surface area (Å²) in [4.78, 5) is 28.5. The van der Waals surface area contributed by atoms with E-state index in [0.717, 1.165) is 0 Å². The molecule has 0 unspecified atom stereocenters. The number of nitrogens with one attached hydrogen (secondary N) is 2. The van der Waals surface area contributed by atoms with Crippen LogP contribution < -0.4 is 17.0 Å². The molecule has 1 aromatic heterocycles. The summed E-state index contributed by atoms with van der Waals surface area (Å²) in [5.41, 5.74) is 4.64. The van der Waals surface area contributed by atoms with Crippen molar-refractivity contribution in [1.82, 2.24) is 14.9 Å². The number of H-pyrrole nitrogens is 2. The predicted molar refractivity (Wildman–Crippen MR) is 58.1 cm³/mol. The molecule has 0 saturated heterocycles. The predicted octanol–water partition coefficient (Wildman–Crippen LogP) is -0.893. The first-order chi connectivity index (χ1) is 7.04. The van der Waals surface area contributed by atoms with E-state index in [9.17, 15) is 9.59 Å². The topological polar surface area (TPSA) is 95.0 Å². The molecule has 1 aromatic rings. The van der Waals surface area contributed by atoms with Crippen molar-refractivity contribution >= 4 is 11.6 Å². The highest BCUT2D eigenvalue weighted by molar-refractivity contribution is 6.30. The van der Waals surface area contributed by atoms with E-state index < -0.39 is 11.2 Å². The minimum Gasteiger partial charge on any atom is -0.329 e. The van der Waals surface area contributed by atoms with Crippen molar-refractivity contribution in [2.24, 2.45) is 5.73 Å². The number of nitrogens with two attached hydrogens (primary N) is 1. The average molecular weight is 233 g/mol. The Kier molecular flexibility index (Phi) is 4.07. The normalized spacial score (nSPS) is 10.9. The van der Waals surface area contributed by atoms with E-state index in [1.165, 1.54) is 0 Å². The zero-order valence-electron chi connectivity index (χ0n) is 8.34. The molecule has 1 rings (SSSR count). The van der Waals surface area contributed by atoms with Crippen LogP contribution in [-0.2, 0) is 6.54 Å². The molecule has 0 radical (unpaired) electrons. The molecule has 0 aliphatic carbocycles. The highest BCUT2D eigenvalue weighted by Gasteiger charge is 2.08. The Morgan fingerprint density at radius 3 is 2.67 bits per heavy atom. The maximum Gasteiger partial charge on any atom is 0.326 e. The minimum absolute atomic E-state index is 0.0125. The Labute approximate surface area is 91.1 Å². The van der Waals surface area contributed by atoms with Gasteiger partial charge in [0.2, 0.25) is 0 Å². The molecule has 7 heteroatoms. The van der Waals surface area contributed by atoms with Crippen LogP contribution in [0.3, 0.4) is 0 Å². The molecule has 84 valence electrons. The van der Waals surface area contributed by atoms with Crippen LogP contribution in [0, 0.1) is 0 Å². The molecule has 0 aliphatic heterocycles. The Hall–Kier alpha value is -1.11. The number of aromatic nitrogens is 2. The van der Waals surface area contributed by atoms with E-state index >= 15 is 0 Å². The molecular weight excluding hydrogens is 220 g/mol. The van der Waals surface area contributed by atoms with Crippen LogP contribution in [0.15, 0.2) is 9.59 Å². The summed E-state index contributed by atoms with van der Waals surface area (Å²) in [5.74, 6) is 0. The van der Waals surface area contributed by atoms with Crippen LogP contribution in [0.4, 0.5) is 0 Å². The molecule has 0 bridgehead atoms. The van der Waals surface area contributed by atoms with Crippen LogP contribution in [0.1, 0.15) is 5.69 Å². The van der Waals surface area contributed by atoms with Crippen LogP contribution in [0.5, 0.6) is 0 Å². The largest absolute Gasteiger partial charge is 0.329 e. The first-order valence-corrected chi connectivity index (χ1v) is 4.82. The van der Waals surface area contributed by atoms with Gasteiger partial charge in [-0.15, -0.1) is 0 Å². The van der Waals surface area contributed by atoms with Gasteiger partial charge in [0.15, 0.2) is 0 Å². The molecule has 0 saturated carbocycles. The van der Waals surface area contributed by atoms with Crippen molar-refractivity contribution in [3.05, 3.63) is 31.6 Å². The lowest BCUT2D eigenvalue weighted by atomic mass is 10.3. The lowest BCUT2D eigenvalue weighted by molar-refractivity contribution is 0.331. The van der Waals surface area contributed by atoms with Crippen molar-refractivity contribution in [3.8, 4) is 0 Å². The molecule has 15 heavy (non-hydrogen) atoms. The summed E-state index contributed by atoms with van der Waals surface area (Å²) < 4.78 is 0. The Morgan fingerprint density at radius 2 is 2.07 bits per heavy atom. The summed E-state index contributed by atoms with van der Waals surface area (Å²) in [5, 5.41) is 0.0125. The lowest BCUT2D eigenvalue weighted by Crippen LogP contribution is -2.30. The molecule has 4 N–H and O–H groups in total. The van der Waals surface area contributed by atoms with Gasteiger partial charge in [-0.3, -0.25) is 14.7 Å². The standard InChI is InChI=1S/C8H13ClN4O2/c1-13(3-2-10)4-5-6(9)7(14)12-8(15)11-5/h2-4,10H2,1H3,(H2,11,12,14,15). The number of likely N-dealkylation sites (N-methyl/N-ethyl adjacent to an activating group) is 1. The van der Waals surface area contributed by atoms with Gasteiger partial charge in [0.05, 0.1) is 5.69 Å². The Bertz CT molecular complexity index is 439. The third kappa shape index (κ3) is 3.19. The van der Waals surface area contributed by atoms with Crippen LogP contribution in [-0.4, -0.2) is 35.0 Å². The third-order valence-electron chi connectivity index (χ3n) is 1.89. The van der Waals surface area contributed by atoms with Crippen molar-refractivity contribution in [2.45, 2.75) is 6.54 Å². The van der Waals surface area contributed by atoms with Crippen molar-refractivity contribution < 1.29 is 0 Å². The second-order valence-electron chi connectivity index (χ2n) is 3.23. The quantitative estimate of drug-likeness (QED) is 0.628. The SMILES string of the molecule is CN(CCN)Cc1[nH]c(=O)[nH]c(=O)c1Cl. The van der Waals surface area contributed by atoms with Gasteiger partial charge in [0, 0.05) is 19.6 Å². The number of hydrogen-bond donors (Lipinski definition) is 3. The van der Waals surface area contributed by atoms with Crippen LogP contribution >= 0.6 is 11.6 Å². The van der Waals surface area contributed by atoms with E-state index in [-0.39, 0.29) is 5.02 Å². The van der Waals surface area contributed by atoms with Gasteiger partial charge in [0.25, 0.3) is 5.56 Å². The number of rotatable bonds is 4. The molecule has 0 aromatic carbocycles. The molecule has 0 amide bonds. The molecule has 1 heterocycles. The van der Waals surface area contributed by atoms with Gasteiger partial charge in [-0.2, -0.15) is 0 Å². The number of aromatic amines is 2. The minimum atomic E-state index is -0.573. The highest BCUT2D eigenvalue weighted by Crippen LogP contribution is 2.06.